The van der Waals surface area contributed by atoms with Crippen LogP contribution in [0.25, 0.3) is 0 Å². The second kappa shape index (κ2) is 5.11. The third-order valence-corrected chi connectivity index (χ3v) is 3.35. The molecule has 1 aromatic carbocycles. The Labute approximate surface area is 109 Å². The first-order valence-corrected chi connectivity index (χ1v) is 6.52. The van der Waals surface area contributed by atoms with Crippen molar-refractivity contribution in [3.8, 4) is 0 Å². The summed E-state index contributed by atoms with van der Waals surface area (Å²) in [5.74, 6) is 0.0879. The summed E-state index contributed by atoms with van der Waals surface area (Å²) >= 11 is 0. The van der Waals surface area contributed by atoms with E-state index >= 15 is 0 Å². The van der Waals surface area contributed by atoms with Crippen molar-refractivity contribution in [3.63, 3.8) is 0 Å². The lowest BCUT2D eigenvalue weighted by Gasteiger charge is -2.35. The van der Waals surface area contributed by atoms with Crippen LogP contribution >= 0.6 is 0 Å². The summed E-state index contributed by atoms with van der Waals surface area (Å²) < 4.78 is 5.32. The van der Waals surface area contributed by atoms with Gasteiger partial charge in [0.25, 0.3) is 5.91 Å². The molecule has 3 nitrogen and oxygen atoms in total. The van der Waals surface area contributed by atoms with Gasteiger partial charge in [-0.25, -0.2) is 0 Å². The number of carbonyl (C=O) groups excluding carboxylic acids is 1. The summed E-state index contributed by atoms with van der Waals surface area (Å²) in [5, 5.41) is 0. The molecular weight excluding hydrogens is 226 g/mol. The van der Waals surface area contributed by atoms with Crippen LogP contribution in [0.3, 0.4) is 0 Å². The molecule has 1 aliphatic heterocycles. The van der Waals surface area contributed by atoms with Crippen molar-refractivity contribution in [1.82, 2.24) is 0 Å². The summed E-state index contributed by atoms with van der Waals surface area (Å²) in [6.45, 7) is 8.87. The van der Waals surface area contributed by atoms with Crippen LogP contribution in [0, 0.1) is 13.8 Å². The summed E-state index contributed by atoms with van der Waals surface area (Å²) in [4.78, 5) is 14.3. The lowest BCUT2D eigenvalue weighted by molar-refractivity contribution is -0.142. The molecule has 18 heavy (non-hydrogen) atoms. The zero-order valence-corrected chi connectivity index (χ0v) is 11.6. The average molecular weight is 247 g/mol. The summed E-state index contributed by atoms with van der Waals surface area (Å²) in [7, 11) is 0. The number of rotatable bonds is 3. The Morgan fingerprint density at radius 2 is 2.06 bits per heavy atom. The van der Waals surface area contributed by atoms with E-state index in [1.54, 1.807) is 0 Å². The van der Waals surface area contributed by atoms with Gasteiger partial charge in [0.15, 0.2) is 0 Å². The topological polar surface area (TPSA) is 29.5 Å². The number of carbonyl (C=O) groups is 1. The number of hydrogen-bond donors (Lipinski definition) is 0. The fourth-order valence-corrected chi connectivity index (χ4v) is 2.22. The summed E-state index contributed by atoms with van der Waals surface area (Å²) in [5.41, 5.74) is 3.30. The molecule has 0 saturated carbocycles. The van der Waals surface area contributed by atoms with Gasteiger partial charge >= 0.3 is 0 Å². The van der Waals surface area contributed by atoms with Crippen molar-refractivity contribution in [2.75, 3.05) is 11.5 Å². The fraction of sp³-hybridized carbons (Fsp3) is 0.533. The number of hydrogen-bond acceptors (Lipinski definition) is 2. The fourth-order valence-electron chi connectivity index (χ4n) is 2.22. The molecule has 1 aromatic rings. The first kappa shape index (κ1) is 13.1. The monoisotopic (exact) mass is 247 g/mol. The Kier molecular flexibility index (Phi) is 3.71. The number of benzene rings is 1. The van der Waals surface area contributed by atoms with Gasteiger partial charge in [0.05, 0.1) is 6.61 Å². The smallest absolute Gasteiger partial charge is 0.256 e. The number of aryl methyl sites for hydroxylation is 2. The highest BCUT2D eigenvalue weighted by atomic mass is 16.5. The van der Waals surface area contributed by atoms with Crippen molar-refractivity contribution in [1.29, 1.82) is 0 Å². The van der Waals surface area contributed by atoms with Gasteiger partial charge in [0.2, 0.25) is 0 Å². The molecule has 0 radical (unpaired) electrons. The van der Waals surface area contributed by atoms with Crippen LogP contribution in [0.2, 0.25) is 0 Å². The number of ether oxygens (including phenoxy) is 1. The van der Waals surface area contributed by atoms with E-state index in [2.05, 4.69) is 18.2 Å². The molecule has 0 spiro atoms. The zero-order chi connectivity index (χ0) is 13.3. The molecular formula is C15H21NO2. The number of nitrogens with zero attached hydrogens (tertiary/aromatic N) is 1. The van der Waals surface area contributed by atoms with Crippen LogP contribution in [0.5, 0.6) is 0 Å². The predicted molar refractivity (Wildman–Crippen MR) is 72.9 cm³/mol. The molecule has 98 valence electrons. The largest absolute Gasteiger partial charge is 0.368 e. The minimum absolute atomic E-state index is 0.0879. The highest BCUT2D eigenvalue weighted by molar-refractivity contribution is 5.98. The lowest BCUT2D eigenvalue weighted by Crippen LogP contribution is -2.48. The molecule has 0 bridgehead atoms. The molecule has 1 atom stereocenters. The highest BCUT2D eigenvalue weighted by Crippen LogP contribution is 2.26. The van der Waals surface area contributed by atoms with Crippen LogP contribution in [-0.4, -0.2) is 24.7 Å². The molecule has 1 saturated heterocycles. The summed E-state index contributed by atoms with van der Waals surface area (Å²) in [6.07, 6.45) is 0.597. The van der Waals surface area contributed by atoms with Crippen LogP contribution in [0.4, 0.5) is 5.69 Å². The van der Waals surface area contributed by atoms with Gasteiger partial charge in [-0.15, -0.1) is 0 Å². The highest BCUT2D eigenvalue weighted by Gasteiger charge is 2.33. The second-order valence-electron chi connectivity index (χ2n) is 5.24. The first-order valence-electron chi connectivity index (χ1n) is 6.52. The van der Waals surface area contributed by atoms with Gasteiger partial charge in [0, 0.05) is 18.2 Å². The van der Waals surface area contributed by atoms with Gasteiger partial charge in [-0.1, -0.05) is 12.1 Å². The van der Waals surface area contributed by atoms with Crippen LogP contribution in [0.15, 0.2) is 18.2 Å². The van der Waals surface area contributed by atoms with Gasteiger partial charge in [0.1, 0.15) is 6.10 Å². The molecule has 0 aliphatic carbocycles. The normalized spacial score (nSPS) is 18.6. The Bertz CT molecular complexity index is 450. The maximum absolute atomic E-state index is 12.4. The molecule has 1 amide bonds. The standard InChI is InChI=1S/C15H21NO2/c1-10(2)16(15(17)14-7-8-18-14)13-9-11(3)5-6-12(13)4/h5-6,9-10,14H,7-8H2,1-4H3. The van der Waals surface area contributed by atoms with Crippen molar-refractivity contribution in [3.05, 3.63) is 29.3 Å². The Balaban J connectivity index is 2.34. The van der Waals surface area contributed by atoms with Gasteiger partial charge in [-0.3, -0.25) is 4.79 Å². The van der Waals surface area contributed by atoms with E-state index in [4.69, 9.17) is 4.74 Å². The number of amides is 1. The average Bonchev–Trinajstić information content (AvgIpc) is 2.20. The molecule has 0 aromatic heterocycles. The predicted octanol–water partition coefficient (Wildman–Crippen LogP) is 2.83. The molecule has 0 N–H and O–H groups in total. The van der Waals surface area contributed by atoms with Crippen LogP contribution < -0.4 is 4.90 Å². The molecule has 1 fully saturated rings. The first-order chi connectivity index (χ1) is 8.50. The zero-order valence-electron chi connectivity index (χ0n) is 11.6. The van der Waals surface area contributed by atoms with Gasteiger partial charge in [-0.2, -0.15) is 0 Å². The van der Waals surface area contributed by atoms with Crippen molar-refractivity contribution in [2.45, 2.75) is 46.3 Å². The number of anilines is 1. The van der Waals surface area contributed by atoms with Gasteiger partial charge < -0.3 is 9.64 Å². The maximum atomic E-state index is 12.4. The van der Waals surface area contributed by atoms with E-state index in [1.807, 2.05) is 32.6 Å². The summed E-state index contributed by atoms with van der Waals surface area (Å²) in [6, 6.07) is 6.35. The van der Waals surface area contributed by atoms with Crippen LogP contribution in [0.1, 0.15) is 31.4 Å². The quantitative estimate of drug-likeness (QED) is 0.822. The van der Waals surface area contributed by atoms with E-state index in [0.29, 0.717) is 6.61 Å². The van der Waals surface area contributed by atoms with Gasteiger partial charge in [-0.05, 0) is 44.9 Å². The van der Waals surface area contributed by atoms with E-state index < -0.39 is 0 Å². The molecule has 1 aliphatic rings. The minimum Gasteiger partial charge on any atom is -0.368 e. The maximum Gasteiger partial charge on any atom is 0.256 e. The van der Waals surface area contributed by atoms with Crippen molar-refractivity contribution < 1.29 is 9.53 Å². The second-order valence-corrected chi connectivity index (χ2v) is 5.24. The van der Waals surface area contributed by atoms with E-state index in [1.165, 1.54) is 5.56 Å². The Morgan fingerprint density at radius 1 is 1.39 bits per heavy atom. The van der Waals surface area contributed by atoms with Crippen molar-refractivity contribution >= 4 is 11.6 Å². The Morgan fingerprint density at radius 3 is 2.56 bits per heavy atom. The molecule has 3 heteroatoms. The van der Waals surface area contributed by atoms with Crippen molar-refractivity contribution in [2.24, 2.45) is 0 Å². The SMILES string of the molecule is Cc1ccc(C)c(N(C(=O)C2CCO2)C(C)C)c1. The van der Waals surface area contributed by atoms with Crippen LogP contribution in [-0.2, 0) is 9.53 Å². The third kappa shape index (κ3) is 2.41. The van der Waals surface area contributed by atoms with E-state index in [0.717, 1.165) is 17.7 Å². The molecule has 1 heterocycles. The Hall–Kier alpha value is -1.35. The molecule has 1 unspecified atom stereocenters. The van der Waals surface area contributed by atoms with E-state index in [9.17, 15) is 4.79 Å². The third-order valence-electron chi connectivity index (χ3n) is 3.35. The minimum atomic E-state index is -0.243. The lowest BCUT2D eigenvalue weighted by atomic mass is 10.1. The van der Waals surface area contributed by atoms with E-state index in [-0.39, 0.29) is 18.1 Å². The molecule has 2 rings (SSSR count).